The SMILES string of the molecule is CC(C)(C)OOC(=O)C(C)(C)C.CCCCCCCCCCCC(=O)OOC(=O)CCCCCCCCCCC. The Kier molecular flexibility index (Phi) is 26.6. The molecule has 0 spiro atoms. The van der Waals surface area contributed by atoms with E-state index in [0.717, 1.165) is 38.5 Å². The first-order valence-electron chi connectivity index (χ1n) is 16.1. The highest BCUT2D eigenvalue weighted by Crippen LogP contribution is 2.18. The Hall–Kier alpha value is -1.63. The van der Waals surface area contributed by atoms with Gasteiger partial charge in [-0.05, 0) is 54.4 Å². The van der Waals surface area contributed by atoms with Gasteiger partial charge in [-0.3, -0.25) is 4.89 Å². The summed E-state index contributed by atoms with van der Waals surface area (Å²) in [6.45, 7) is 15.3. The van der Waals surface area contributed by atoms with Crippen LogP contribution in [0.25, 0.3) is 0 Å². The zero-order valence-electron chi connectivity index (χ0n) is 27.5. The van der Waals surface area contributed by atoms with Crippen molar-refractivity contribution in [3.8, 4) is 0 Å². The summed E-state index contributed by atoms with van der Waals surface area (Å²) in [4.78, 5) is 53.1. The van der Waals surface area contributed by atoms with Crippen LogP contribution in [-0.2, 0) is 33.9 Å². The monoisotopic (exact) mass is 572 g/mol. The van der Waals surface area contributed by atoms with Crippen molar-refractivity contribution in [2.75, 3.05) is 0 Å². The quantitative estimate of drug-likeness (QED) is 0.0768. The van der Waals surface area contributed by atoms with Gasteiger partial charge in [0.2, 0.25) is 0 Å². The van der Waals surface area contributed by atoms with Gasteiger partial charge >= 0.3 is 17.9 Å². The molecule has 0 atom stereocenters. The van der Waals surface area contributed by atoms with Crippen LogP contribution in [0, 0.1) is 5.41 Å². The van der Waals surface area contributed by atoms with E-state index in [1.807, 2.05) is 20.8 Å². The summed E-state index contributed by atoms with van der Waals surface area (Å²) in [5.74, 6) is -1.20. The summed E-state index contributed by atoms with van der Waals surface area (Å²) in [7, 11) is 0. The topological polar surface area (TPSA) is 88.1 Å². The van der Waals surface area contributed by atoms with Crippen LogP contribution in [0.1, 0.15) is 184 Å². The van der Waals surface area contributed by atoms with Gasteiger partial charge in [-0.25, -0.2) is 24.2 Å². The van der Waals surface area contributed by atoms with Gasteiger partial charge in [-0.2, -0.15) is 4.89 Å². The molecular weight excluding hydrogens is 508 g/mol. The van der Waals surface area contributed by atoms with Gasteiger partial charge in [0.25, 0.3) is 0 Å². The van der Waals surface area contributed by atoms with Crippen molar-refractivity contribution in [3.63, 3.8) is 0 Å². The van der Waals surface area contributed by atoms with Crippen LogP contribution in [0.15, 0.2) is 0 Å². The van der Waals surface area contributed by atoms with Gasteiger partial charge in [-0.15, -0.1) is 0 Å². The molecule has 0 fully saturated rings. The average molecular weight is 573 g/mol. The summed E-state index contributed by atoms with van der Waals surface area (Å²) in [6, 6.07) is 0. The Morgan fingerprint density at radius 2 is 0.750 bits per heavy atom. The first-order chi connectivity index (χ1) is 18.8. The van der Waals surface area contributed by atoms with Gasteiger partial charge in [-0.1, -0.05) is 117 Å². The Bertz CT molecular complexity index is 583. The van der Waals surface area contributed by atoms with Crippen molar-refractivity contribution in [2.24, 2.45) is 5.41 Å². The van der Waals surface area contributed by atoms with Crippen molar-refractivity contribution < 1.29 is 33.9 Å². The third-order valence-corrected chi connectivity index (χ3v) is 6.18. The first kappa shape index (κ1) is 40.5. The van der Waals surface area contributed by atoms with Gasteiger partial charge in [0, 0.05) is 0 Å². The molecule has 0 unspecified atom stereocenters. The molecule has 0 bridgehead atoms. The smallest absolute Gasteiger partial charge is 0.297 e. The van der Waals surface area contributed by atoms with Crippen LogP contribution in [0.3, 0.4) is 0 Å². The van der Waals surface area contributed by atoms with Gasteiger partial charge in [0.15, 0.2) is 0 Å². The lowest BCUT2D eigenvalue weighted by Crippen LogP contribution is -2.28. The number of hydrogen-bond acceptors (Lipinski definition) is 7. The second-order valence-electron chi connectivity index (χ2n) is 12.9. The highest BCUT2D eigenvalue weighted by Gasteiger charge is 2.26. The van der Waals surface area contributed by atoms with E-state index in [1.165, 1.54) is 77.0 Å². The fourth-order valence-electron chi connectivity index (χ4n) is 3.62. The van der Waals surface area contributed by atoms with Crippen LogP contribution in [0.5, 0.6) is 0 Å². The molecule has 0 aromatic heterocycles. The van der Waals surface area contributed by atoms with E-state index in [0.29, 0.717) is 12.8 Å². The van der Waals surface area contributed by atoms with Crippen molar-refractivity contribution in [1.82, 2.24) is 0 Å². The highest BCUT2D eigenvalue weighted by atomic mass is 17.2. The van der Waals surface area contributed by atoms with Crippen molar-refractivity contribution in [3.05, 3.63) is 0 Å². The number of rotatable bonds is 21. The number of unbranched alkanes of at least 4 members (excludes halogenated alkanes) is 16. The predicted molar refractivity (Wildman–Crippen MR) is 162 cm³/mol. The molecule has 0 aromatic carbocycles. The number of carbonyl (C=O) groups is 3. The van der Waals surface area contributed by atoms with E-state index in [2.05, 4.69) is 28.5 Å². The normalized spacial score (nSPS) is 11.4. The molecule has 0 saturated heterocycles. The fourth-order valence-corrected chi connectivity index (χ4v) is 3.62. The van der Waals surface area contributed by atoms with Crippen LogP contribution >= 0.6 is 0 Å². The zero-order valence-corrected chi connectivity index (χ0v) is 27.5. The van der Waals surface area contributed by atoms with E-state index < -0.39 is 23.0 Å². The van der Waals surface area contributed by atoms with Gasteiger partial charge in [0.1, 0.15) is 5.60 Å². The summed E-state index contributed by atoms with van der Waals surface area (Å²) >= 11 is 0. The molecule has 238 valence electrons. The van der Waals surface area contributed by atoms with E-state index in [9.17, 15) is 14.4 Å². The second-order valence-corrected chi connectivity index (χ2v) is 12.9. The van der Waals surface area contributed by atoms with E-state index in [1.54, 1.807) is 20.8 Å². The molecule has 0 amide bonds. The molecule has 0 radical (unpaired) electrons. The van der Waals surface area contributed by atoms with Crippen LogP contribution in [0.2, 0.25) is 0 Å². The molecule has 0 aliphatic rings. The van der Waals surface area contributed by atoms with Crippen molar-refractivity contribution >= 4 is 17.9 Å². The van der Waals surface area contributed by atoms with Crippen LogP contribution < -0.4 is 0 Å². The lowest BCUT2D eigenvalue weighted by Gasteiger charge is -2.20. The molecule has 7 nitrogen and oxygen atoms in total. The maximum Gasteiger partial charge on any atom is 0.355 e. The molecule has 0 rings (SSSR count). The summed E-state index contributed by atoms with van der Waals surface area (Å²) in [5, 5.41) is 0. The Morgan fingerprint density at radius 3 is 1.02 bits per heavy atom. The van der Waals surface area contributed by atoms with Gasteiger partial charge < -0.3 is 0 Å². The Morgan fingerprint density at radius 1 is 0.450 bits per heavy atom. The molecule has 40 heavy (non-hydrogen) atoms. The molecule has 0 aliphatic heterocycles. The Balaban J connectivity index is 0. The minimum absolute atomic E-state index is 0.334. The molecule has 7 heteroatoms. The number of carbonyl (C=O) groups excluding carboxylic acids is 3. The first-order valence-corrected chi connectivity index (χ1v) is 16.1. The minimum Gasteiger partial charge on any atom is -0.297 e. The molecular formula is C33H64O7. The fraction of sp³-hybridized carbons (Fsp3) is 0.909. The summed E-state index contributed by atoms with van der Waals surface area (Å²) < 4.78 is 0. The van der Waals surface area contributed by atoms with E-state index in [-0.39, 0.29) is 5.97 Å². The third-order valence-electron chi connectivity index (χ3n) is 6.18. The number of hydrogen-bond donors (Lipinski definition) is 0. The Labute approximate surface area is 246 Å². The molecule has 0 aromatic rings. The molecule has 0 N–H and O–H groups in total. The van der Waals surface area contributed by atoms with Crippen LogP contribution in [-0.4, -0.2) is 23.5 Å². The van der Waals surface area contributed by atoms with Gasteiger partial charge in [0.05, 0.1) is 18.3 Å². The molecule has 0 heterocycles. The van der Waals surface area contributed by atoms with E-state index in [4.69, 9.17) is 4.89 Å². The predicted octanol–water partition coefficient (Wildman–Crippen LogP) is 10.1. The van der Waals surface area contributed by atoms with Crippen molar-refractivity contribution in [1.29, 1.82) is 0 Å². The second kappa shape index (κ2) is 26.3. The van der Waals surface area contributed by atoms with Crippen molar-refractivity contribution in [2.45, 2.75) is 189 Å². The van der Waals surface area contributed by atoms with E-state index >= 15 is 0 Å². The lowest BCUT2D eigenvalue weighted by atomic mass is 9.98. The third kappa shape index (κ3) is 32.6. The summed E-state index contributed by atoms with van der Waals surface area (Å²) in [5.41, 5.74) is -0.952. The molecule has 0 saturated carbocycles. The summed E-state index contributed by atoms with van der Waals surface area (Å²) in [6.07, 6.45) is 22.3. The highest BCUT2D eigenvalue weighted by molar-refractivity contribution is 5.74. The maximum atomic E-state index is 11.6. The minimum atomic E-state index is -0.509. The van der Waals surface area contributed by atoms with Crippen LogP contribution in [0.4, 0.5) is 0 Å². The standard InChI is InChI=1S/C24H46O4.C9H18O3/c1-3-5-7-9-11-13-15-17-19-21-23(25)27-28-24(26)22-20-18-16-14-12-10-8-6-4-2;1-8(2,3)7(10)11-12-9(4,5)6/h3-22H2,1-2H3;1-6H3. The maximum absolute atomic E-state index is 11.6. The largest absolute Gasteiger partial charge is 0.355 e. The zero-order chi connectivity index (χ0) is 30.7. The lowest BCUT2D eigenvalue weighted by molar-refractivity contribution is -0.325. The average Bonchev–Trinajstić information content (AvgIpc) is 2.88. The molecule has 0 aliphatic carbocycles.